The molecule has 0 saturated heterocycles. The molecule has 0 bridgehead atoms. The number of hydrogen-bond acceptors (Lipinski definition) is 4. The van der Waals surface area contributed by atoms with E-state index in [1.807, 2.05) is 29.6 Å². The number of benzene rings is 2. The van der Waals surface area contributed by atoms with Crippen molar-refractivity contribution in [3.8, 4) is 27.6 Å². The number of thiazole rings is 1. The molecule has 3 nitrogen and oxygen atoms in total. The molecule has 0 aliphatic carbocycles. The molecular formula is C16H13FN2OS. The minimum Gasteiger partial charge on any atom is -0.494 e. The number of aromatic nitrogens is 1. The Balaban J connectivity index is 1.96. The summed E-state index contributed by atoms with van der Waals surface area (Å²) in [6.45, 7) is 0. The lowest BCUT2D eigenvalue weighted by molar-refractivity contribution is 0.387. The second kappa shape index (κ2) is 5.54. The van der Waals surface area contributed by atoms with Crippen molar-refractivity contribution < 1.29 is 9.13 Å². The first-order valence-corrected chi connectivity index (χ1v) is 7.20. The summed E-state index contributed by atoms with van der Waals surface area (Å²) in [7, 11) is 1.45. The molecule has 106 valence electrons. The van der Waals surface area contributed by atoms with Gasteiger partial charge >= 0.3 is 0 Å². The summed E-state index contributed by atoms with van der Waals surface area (Å²) in [5, 5.41) is 2.79. The predicted octanol–water partition coefficient (Wildman–Crippen LogP) is 4.21. The number of anilines is 1. The lowest BCUT2D eigenvalue weighted by atomic mass is 10.1. The van der Waals surface area contributed by atoms with Gasteiger partial charge in [-0.2, -0.15) is 0 Å². The fourth-order valence-electron chi connectivity index (χ4n) is 1.99. The molecule has 0 radical (unpaired) electrons. The van der Waals surface area contributed by atoms with Crippen LogP contribution in [0.3, 0.4) is 0 Å². The van der Waals surface area contributed by atoms with Crippen LogP contribution in [0.1, 0.15) is 0 Å². The minimum atomic E-state index is -0.378. The zero-order chi connectivity index (χ0) is 14.8. The van der Waals surface area contributed by atoms with Gasteiger partial charge in [0.2, 0.25) is 0 Å². The second-order valence-electron chi connectivity index (χ2n) is 4.51. The summed E-state index contributed by atoms with van der Waals surface area (Å²) in [5.41, 5.74) is 9.11. The largest absolute Gasteiger partial charge is 0.494 e. The highest BCUT2D eigenvalue weighted by Gasteiger charge is 2.10. The molecule has 3 aromatic rings. The Hall–Kier alpha value is -2.40. The van der Waals surface area contributed by atoms with Gasteiger partial charge in [-0.25, -0.2) is 9.37 Å². The Morgan fingerprint density at radius 1 is 1.10 bits per heavy atom. The number of ether oxygens (including phenoxy) is 1. The molecule has 0 aliphatic heterocycles. The van der Waals surface area contributed by atoms with Crippen molar-refractivity contribution in [1.29, 1.82) is 0 Å². The zero-order valence-electron chi connectivity index (χ0n) is 11.3. The highest BCUT2D eigenvalue weighted by atomic mass is 32.1. The van der Waals surface area contributed by atoms with Crippen molar-refractivity contribution in [3.05, 3.63) is 53.7 Å². The van der Waals surface area contributed by atoms with Gasteiger partial charge in [0.25, 0.3) is 0 Å². The van der Waals surface area contributed by atoms with E-state index in [9.17, 15) is 4.39 Å². The Labute approximate surface area is 125 Å². The van der Waals surface area contributed by atoms with Crippen LogP contribution in [0.2, 0.25) is 0 Å². The van der Waals surface area contributed by atoms with E-state index < -0.39 is 0 Å². The summed E-state index contributed by atoms with van der Waals surface area (Å²) in [6, 6.07) is 12.3. The van der Waals surface area contributed by atoms with Crippen molar-refractivity contribution in [3.63, 3.8) is 0 Å². The molecule has 1 heterocycles. The van der Waals surface area contributed by atoms with Crippen LogP contribution < -0.4 is 10.5 Å². The van der Waals surface area contributed by atoms with E-state index in [1.165, 1.54) is 24.5 Å². The molecule has 0 aliphatic rings. The maximum Gasteiger partial charge on any atom is 0.165 e. The van der Waals surface area contributed by atoms with Crippen LogP contribution in [0.15, 0.2) is 47.8 Å². The lowest BCUT2D eigenvalue weighted by Crippen LogP contribution is -1.88. The van der Waals surface area contributed by atoms with E-state index in [-0.39, 0.29) is 11.6 Å². The van der Waals surface area contributed by atoms with E-state index in [1.54, 1.807) is 12.1 Å². The molecule has 5 heteroatoms. The lowest BCUT2D eigenvalue weighted by Gasteiger charge is -2.03. The second-order valence-corrected chi connectivity index (χ2v) is 5.37. The molecule has 2 N–H and O–H groups in total. The number of nitrogen functional groups attached to an aromatic ring is 1. The zero-order valence-corrected chi connectivity index (χ0v) is 12.2. The standard InChI is InChI=1S/C16H13FN2OS/c1-20-15-8-11(4-7-13(15)17)16-19-14(9-21-16)10-2-5-12(18)6-3-10/h2-9H,18H2,1H3. The Kier molecular flexibility index (Phi) is 3.58. The Morgan fingerprint density at radius 2 is 1.81 bits per heavy atom. The van der Waals surface area contributed by atoms with Gasteiger partial charge < -0.3 is 10.5 Å². The van der Waals surface area contributed by atoms with Crippen LogP contribution in [0, 0.1) is 5.82 Å². The highest BCUT2D eigenvalue weighted by Crippen LogP contribution is 2.31. The van der Waals surface area contributed by atoms with Gasteiger partial charge in [0, 0.05) is 22.2 Å². The smallest absolute Gasteiger partial charge is 0.165 e. The van der Waals surface area contributed by atoms with Crippen LogP contribution in [-0.2, 0) is 0 Å². The van der Waals surface area contributed by atoms with Crippen molar-refractivity contribution in [1.82, 2.24) is 4.98 Å². The number of nitrogens with zero attached hydrogens (tertiary/aromatic N) is 1. The first-order valence-electron chi connectivity index (χ1n) is 6.33. The third-order valence-corrected chi connectivity index (χ3v) is 4.00. The van der Waals surface area contributed by atoms with E-state index in [2.05, 4.69) is 4.98 Å². The number of methoxy groups -OCH3 is 1. The molecule has 0 atom stereocenters. The highest BCUT2D eigenvalue weighted by molar-refractivity contribution is 7.13. The molecule has 0 unspecified atom stereocenters. The number of hydrogen-bond donors (Lipinski definition) is 1. The van der Waals surface area contributed by atoms with Crippen molar-refractivity contribution >= 4 is 17.0 Å². The van der Waals surface area contributed by atoms with Gasteiger partial charge in [0.15, 0.2) is 11.6 Å². The molecule has 0 spiro atoms. The maximum atomic E-state index is 13.4. The molecule has 1 aromatic heterocycles. The molecular weight excluding hydrogens is 287 g/mol. The Morgan fingerprint density at radius 3 is 2.52 bits per heavy atom. The average molecular weight is 300 g/mol. The summed E-state index contributed by atoms with van der Waals surface area (Å²) < 4.78 is 18.4. The van der Waals surface area contributed by atoms with E-state index in [0.717, 1.165) is 27.5 Å². The normalized spacial score (nSPS) is 10.6. The topological polar surface area (TPSA) is 48.1 Å². The van der Waals surface area contributed by atoms with Gasteiger partial charge in [-0.3, -0.25) is 0 Å². The first-order chi connectivity index (χ1) is 10.2. The van der Waals surface area contributed by atoms with Crippen LogP contribution in [0.5, 0.6) is 5.75 Å². The average Bonchev–Trinajstić information content (AvgIpc) is 2.98. The van der Waals surface area contributed by atoms with Gasteiger partial charge in [0.1, 0.15) is 5.01 Å². The van der Waals surface area contributed by atoms with Crippen molar-refractivity contribution in [2.75, 3.05) is 12.8 Å². The van der Waals surface area contributed by atoms with Crippen LogP contribution in [0.4, 0.5) is 10.1 Å². The third kappa shape index (κ3) is 2.73. The Bertz CT molecular complexity index is 768. The first kappa shape index (κ1) is 13.6. The van der Waals surface area contributed by atoms with E-state index in [4.69, 9.17) is 10.5 Å². The van der Waals surface area contributed by atoms with Gasteiger partial charge in [-0.05, 0) is 30.3 Å². The van der Waals surface area contributed by atoms with Crippen LogP contribution in [-0.4, -0.2) is 12.1 Å². The minimum absolute atomic E-state index is 0.219. The van der Waals surface area contributed by atoms with E-state index >= 15 is 0 Å². The van der Waals surface area contributed by atoms with Gasteiger partial charge in [-0.15, -0.1) is 11.3 Å². The molecule has 0 amide bonds. The van der Waals surface area contributed by atoms with Crippen LogP contribution in [0.25, 0.3) is 21.8 Å². The fraction of sp³-hybridized carbons (Fsp3) is 0.0625. The van der Waals surface area contributed by atoms with E-state index in [0.29, 0.717) is 0 Å². The maximum absolute atomic E-state index is 13.4. The SMILES string of the molecule is COc1cc(-c2nc(-c3ccc(N)cc3)cs2)ccc1F. The summed E-state index contributed by atoms with van der Waals surface area (Å²) >= 11 is 1.51. The van der Waals surface area contributed by atoms with Crippen molar-refractivity contribution in [2.45, 2.75) is 0 Å². The molecule has 3 rings (SSSR count). The molecule has 0 fully saturated rings. The van der Waals surface area contributed by atoms with Gasteiger partial charge in [-0.1, -0.05) is 12.1 Å². The van der Waals surface area contributed by atoms with Crippen molar-refractivity contribution in [2.24, 2.45) is 0 Å². The summed E-state index contributed by atoms with van der Waals surface area (Å²) in [6.07, 6.45) is 0. The number of halogens is 1. The summed E-state index contributed by atoms with van der Waals surface area (Å²) in [4.78, 5) is 4.59. The van der Waals surface area contributed by atoms with Crippen LogP contribution >= 0.6 is 11.3 Å². The third-order valence-electron chi connectivity index (χ3n) is 3.11. The number of nitrogens with two attached hydrogens (primary N) is 1. The number of rotatable bonds is 3. The van der Waals surface area contributed by atoms with Gasteiger partial charge in [0.05, 0.1) is 12.8 Å². The molecule has 2 aromatic carbocycles. The molecule has 21 heavy (non-hydrogen) atoms. The molecule has 0 saturated carbocycles. The summed E-state index contributed by atoms with van der Waals surface area (Å²) in [5.74, 6) is -0.159. The quantitative estimate of drug-likeness (QED) is 0.737. The predicted molar refractivity (Wildman–Crippen MR) is 83.9 cm³/mol. The fourth-order valence-corrected chi connectivity index (χ4v) is 2.81. The monoisotopic (exact) mass is 300 g/mol.